The van der Waals surface area contributed by atoms with E-state index in [1.165, 1.54) is 7.05 Å². The zero-order chi connectivity index (χ0) is 24.1. The van der Waals surface area contributed by atoms with Gasteiger partial charge in [-0.2, -0.15) is 0 Å². The van der Waals surface area contributed by atoms with Crippen LogP contribution in [0, 0.1) is 5.21 Å². The molecule has 7 heteroatoms. The van der Waals surface area contributed by atoms with E-state index in [1.54, 1.807) is 37.3 Å². The smallest absolute Gasteiger partial charge is 0.345 e. The predicted molar refractivity (Wildman–Crippen MR) is 132 cm³/mol. The molecule has 0 bridgehead atoms. The molecule has 6 nitrogen and oxygen atoms in total. The van der Waals surface area contributed by atoms with E-state index in [2.05, 4.69) is 0 Å². The fourth-order valence-electron chi connectivity index (χ4n) is 3.90. The third-order valence-corrected chi connectivity index (χ3v) is 5.55. The number of esters is 1. The number of hydrogen-bond acceptors (Lipinski definition) is 5. The van der Waals surface area contributed by atoms with Gasteiger partial charge in [-0.1, -0.05) is 41.9 Å². The van der Waals surface area contributed by atoms with Crippen molar-refractivity contribution in [3.63, 3.8) is 0 Å². The summed E-state index contributed by atoms with van der Waals surface area (Å²) in [5.41, 5.74) is 3.41. The first-order valence-electron chi connectivity index (χ1n) is 10.9. The zero-order valence-corrected chi connectivity index (χ0v) is 19.7. The lowest BCUT2D eigenvalue weighted by Gasteiger charge is -2.11. The molecule has 0 aliphatic heterocycles. The van der Waals surface area contributed by atoms with Gasteiger partial charge in [-0.15, -0.1) is 0 Å². The monoisotopic (exact) mass is 477 g/mol. The fourth-order valence-corrected chi connectivity index (χ4v) is 4.02. The standard InChI is InChI=1S/C27H24ClNO5/c1-3-32-27(30)25-24(18-7-5-4-6-8-18)22-14-13-21(17-23(22)26(25)29(2)31)34-16-15-33-20-11-9-19(28)10-12-20/h4-14,17H,3,15-16H2,1-2H3/b29-26+. The van der Waals surface area contributed by atoms with Crippen molar-refractivity contribution in [3.05, 3.63) is 105 Å². The Morgan fingerprint density at radius 2 is 1.56 bits per heavy atom. The van der Waals surface area contributed by atoms with Crippen molar-refractivity contribution in [2.75, 3.05) is 26.9 Å². The molecule has 0 unspecified atom stereocenters. The molecule has 3 aromatic rings. The van der Waals surface area contributed by atoms with Crippen LogP contribution in [0.1, 0.15) is 23.6 Å². The van der Waals surface area contributed by atoms with E-state index >= 15 is 0 Å². The second kappa shape index (κ2) is 10.4. The van der Waals surface area contributed by atoms with E-state index in [4.69, 9.17) is 25.8 Å². The number of benzene rings is 3. The summed E-state index contributed by atoms with van der Waals surface area (Å²) in [6.07, 6.45) is 0. The zero-order valence-electron chi connectivity index (χ0n) is 18.9. The summed E-state index contributed by atoms with van der Waals surface area (Å²) in [5.74, 6) is 0.728. The minimum absolute atomic E-state index is 0.207. The quantitative estimate of drug-likeness (QED) is 0.148. The van der Waals surface area contributed by atoms with Crippen LogP contribution in [-0.2, 0) is 9.53 Å². The van der Waals surface area contributed by atoms with Crippen LogP contribution in [0.3, 0.4) is 0 Å². The molecule has 1 aliphatic carbocycles. The molecule has 3 aromatic carbocycles. The Hall–Kier alpha value is -3.77. The molecule has 0 fully saturated rings. The van der Waals surface area contributed by atoms with Crippen molar-refractivity contribution in [1.29, 1.82) is 0 Å². The Labute approximate surface area is 203 Å². The van der Waals surface area contributed by atoms with Gasteiger partial charge in [0.25, 0.3) is 0 Å². The average molecular weight is 478 g/mol. The summed E-state index contributed by atoms with van der Waals surface area (Å²) >= 11 is 5.89. The molecular weight excluding hydrogens is 454 g/mol. The molecule has 1 aliphatic rings. The van der Waals surface area contributed by atoms with Gasteiger partial charge >= 0.3 is 5.97 Å². The van der Waals surface area contributed by atoms with Gasteiger partial charge in [-0.25, -0.2) is 9.53 Å². The third kappa shape index (κ3) is 4.92. The van der Waals surface area contributed by atoms with E-state index in [-0.39, 0.29) is 17.9 Å². The van der Waals surface area contributed by atoms with Crippen molar-refractivity contribution < 1.29 is 23.7 Å². The van der Waals surface area contributed by atoms with Crippen LogP contribution < -0.4 is 9.47 Å². The molecule has 0 heterocycles. The van der Waals surface area contributed by atoms with Gasteiger partial charge in [0.05, 0.1) is 12.2 Å². The van der Waals surface area contributed by atoms with Crippen LogP contribution in [0.25, 0.3) is 5.57 Å². The number of carbonyl (C=O) groups is 1. The summed E-state index contributed by atoms with van der Waals surface area (Å²) in [6, 6.07) is 22.0. The summed E-state index contributed by atoms with van der Waals surface area (Å²) in [4.78, 5) is 12.9. The van der Waals surface area contributed by atoms with Crippen molar-refractivity contribution >= 4 is 28.9 Å². The van der Waals surface area contributed by atoms with Crippen LogP contribution in [0.15, 0.2) is 78.4 Å². The molecule has 0 atom stereocenters. The van der Waals surface area contributed by atoms with E-state index in [9.17, 15) is 10.0 Å². The minimum Gasteiger partial charge on any atom is -0.624 e. The molecule has 0 N–H and O–H groups in total. The summed E-state index contributed by atoms with van der Waals surface area (Å²) in [5, 5.41) is 13.3. The normalized spacial score (nSPS) is 14.0. The van der Waals surface area contributed by atoms with E-state index in [0.717, 1.165) is 11.1 Å². The summed E-state index contributed by atoms with van der Waals surface area (Å²) in [6.45, 7) is 2.58. The van der Waals surface area contributed by atoms with Gasteiger partial charge in [0.2, 0.25) is 5.71 Å². The Balaban J connectivity index is 1.61. The highest BCUT2D eigenvalue weighted by atomic mass is 35.5. The Bertz CT molecular complexity index is 1250. The summed E-state index contributed by atoms with van der Waals surface area (Å²) in [7, 11) is 1.37. The second-order valence-electron chi connectivity index (χ2n) is 7.54. The first-order chi connectivity index (χ1) is 16.5. The molecule has 0 aromatic heterocycles. The fraction of sp³-hybridized carbons (Fsp3) is 0.185. The van der Waals surface area contributed by atoms with Crippen molar-refractivity contribution in [2.24, 2.45) is 0 Å². The van der Waals surface area contributed by atoms with Gasteiger partial charge in [0.15, 0.2) is 0 Å². The minimum atomic E-state index is -0.533. The topological polar surface area (TPSA) is 70.8 Å². The number of nitrogens with zero attached hydrogens (tertiary/aromatic N) is 1. The lowest BCUT2D eigenvalue weighted by atomic mass is 9.97. The number of fused-ring (bicyclic) bond motifs is 1. The van der Waals surface area contributed by atoms with Crippen LogP contribution >= 0.6 is 11.6 Å². The molecule has 0 amide bonds. The van der Waals surface area contributed by atoms with Crippen LogP contribution in [-0.4, -0.2) is 43.3 Å². The van der Waals surface area contributed by atoms with Crippen LogP contribution in [0.5, 0.6) is 11.5 Å². The maximum atomic E-state index is 12.9. The first-order valence-corrected chi connectivity index (χ1v) is 11.3. The SMILES string of the molecule is CCOC(=O)C1=C(c2ccccc2)c2ccc(OCCOc3ccc(Cl)cc3)cc2/C1=[N+](/C)[O-]. The number of carbonyl (C=O) groups excluding carboxylic acids is 1. The second-order valence-corrected chi connectivity index (χ2v) is 7.98. The summed E-state index contributed by atoms with van der Waals surface area (Å²) < 4.78 is 17.5. The van der Waals surface area contributed by atoms with Crippen molar-refractivity contribution in [2.45, 2.75) is 6.92 Å². The lowest BCUT2D eigenvalue weighted by molar-refractivity contribution is -0.421. The molecule has 0 saturated heterocycles. The largest absolute Gasteiger partial charge is 0.624 e. The van der Waals surface area contributed by atoms with Gasteiger partial charge in [0.1, 0.15) is 37.3 Å². The third-order valence-electron chi connectivity index (χ3n) is 5.29. The van der Waals surface area contributed by atoms with E-state index < -0.39 is 5.97 Å². The number of halogens is 1. The molecule has 0 saturated carbocycles. The van der Waals surface area contributed by atoms with Gasteiger partial charge in [-0.05, 0) is 60.5 Å². The molecule has 0 spiro atoms. The molecule has 4 rings (SSSR count). The van der Waals surface area contributed by atoms with Gasteiger partial charge in [-0.3, -0.25) is 0 Å². The molecule has 0 radical (unpaired) electrons. The molecular formula is C27H24ClNO5. The number of hydrogen-bond donors (Lipinski definition) is 0. The van der Waals surface area contributed by atoms with Crippen LogP contribution in [0.4, 0.5) is 0 Å². The first kappa shape index (κ1) is 23.4. The van der Waals surface area contributed by atoms with Gasteiger partial charge in [0, 0.05) is 10.6 Å². The highest BCUT2D eigenvalue weighted by molar-refractivity contribution is 6.35. The maximum absolute atomic E-state index is 12.9. The Morgan fingerprint density at radius 3 is 2.21 bits per heavy atom. The van der Waals surface area contributed by atoms with Crippen molar-refractivity contribution in [3.8, 4) is 11.5 Å². The number of hydroxylamine groups is 1. The van der Waals surface area contributed by atoms with E-state index in [0.29, 0.717) is 45.6 Å². The Kier molecular flexibility index (Phi) is 7.18. The highest BCUT2D eigenvalue weighted by Crippen LogP contribution is 2.40. The lowest BCUT2D eigenvalue weighted by Crippen LogP contribution is -2.21. The Morgan fingerprint density at radius 1 is 0.912 bits per heavy atom. The molecule has 174 valence electrons. The number of rotatable bonds is 8. The average Bonchev–Trinajstić information content (AvgIpc) is 3.18. The predicted octanol–water partition coefficient (Wildman–Crippen LogP) is 5.11. The molecule has 34 heavy (non-hydrogen) atoms. The van der Waals surface area contributed by atoms with Crippen LogP contribution in [0.2, 0.25) is 5.02 Å². The van der Waals surface area contributed by atoms with Gasteiger partial charge < -0.3 is 19.4 Å². The van der Waals surface area contributed by atoms with Crippen molar-refractivity contribution in [1.82, 2.24) is 0 Å². The van der Waals surface area contributed by atoms with E-state index in [1.807, 2.05) is 42.5 Å². The number of ether oxygens (including phenoxy) is 3. The highest BCUT2D eigenvalue weighted by Gasteiger charge is 2.39. The maximum Gasteiger partial charge on any atom is 0.345 e.